The van der Waals surface area contributed by atoms with Crippen molar-refractivity contribution in [1.29, 1.82) is 0 Å². The van der Waals surface area contributed by atoms with Gasteiger partial charge in [-0.15, -0.1) is 0 Å². The van der Waals surface area contributed by atoms with Crippen LogP contribution in [-0.4, -0.2) is 53.3 Å². The SMILES string of the molecule is CC(Oc1nc(-c2ccc3c(c2)N(C)CCO3)cc2ncn(C)c12)C1CNC(=O)C1. The fourth-order valence-corrected chi connectivity index (χ4v) is 4.11. The van der Waals surface area contributed by atoms with E-state index in [1.807, 2.05) is 36.7 Å². The predicted molar refractivity (Wildman–Crippen MR) is 114 cm³/mol. The molecule has 2 unspecified atom stereocenters. The summed E-state index contributed by atoms with van der Waals surface area (Å²) in [7, 11) is 3.99. The van der Waals surface area contributed by atoms with Crippen molar-refractivity contribution in [2.24, 2.45) is 13.0 Å². The lowest BCUT2D eigenvalue weighted by atomic mass is 10.0. The van der Waals surface area contributed by atoms with Crippen molar-refractivity contribution in [2.45, 2.75) is 19.4 Å². The maximum absolute atomic E-state index is 11.6. The molecule has 5 rings (SSSR count). The van der Waals surface area contributed by atoms with E-state index in [-0.39, 0.29) is 17.9 Å². The minimum Gasteiger partial charge on any atom is -0.490 e. The van der Waals surface area contributed by atoms with E-state index in [4.69, 9.17) is 14.5 Å². The van der Waals surface area contributed by atoms with Crippen LogP contribution in [0, 0.1) is 5.92 Å². The second-order valence-corrected chi connectivity index (χ2v) is 8.08. The zero-order valence-corrected chi connectivity index (χ0v) is 17.4. The normalized spacial score (nSPS) is 19.4. The number of likely N-dealkylation sites (N-methyl/N-ethyl adjacent to an activating group) is 1. The van der Waals surface area contributed by atoms with Crippen molar-refractivity contribution in [1.82, 2.24) is 19.9 Å². The van der Waals surface area contributed by atoms with Crippen LogP contribution in [0.1, 0.15) is 13.3 Å². The van der Waals surface area contributed by atoms with Crippen molar-refractivity contribution < 1.29 is 14.3 Å². The molecule has 3 aromatic rings. The van der Waals surface area contributed by atoms with E-state index in [9.17, 15) is 4.79 Å². The van der Waals surface area contributed by atoms with Gasteiger partial charge in [0, 0.05) is 38.5 Å². The Morgan fingerprint density at radius 2 is 2.17 bits per heavy atom. The number of carbonyl (C=O) groups is 1. The highest BCUT2D eigenvalue weighted by molar-refractivity contribution is 5.85. The summed E-state index contributed by atoms with van der Waals surface area (Å²) in [6.45, 7) is 4.16. The molecule has 156 valence electrons. The number of benzene rings is 1. The molecule has 0 aliphatic carbocycles. The Morgan fingerprint density at radius 1 is 1.30 bits per heavy atom. The van der Waals surface area contributed by atoms with Crippen LogP contribution in [0.3, 0.4) is 0 Å². The van der Waals surface area contributed by atoms with Crippen LogP contribution >= 0.6 is 0 Å². The molecule has 30 heavy (non-hydrogen) atoms. The summed E-state index contributed by atoms with van der Waals surface area (Å²) in [4.78, 5) is 23.2. The molecule has 1 fully saturated rings. The van der Waals surface area contributed by atoms with E-state index in [0.29, 0.717) is 25.5 Å². The first kappa shape index (κ1) is 18.7. The lowest BCUT2D eigenvalue weighted by Crippen LogP contribution is -2.28. The van der Waals surface area contributed by atoms with Crippen molar-refractivity contribution in [3.05, 3.63) is 30.6 Å². The van der Waals surface area contributed by atoms with Crippen molar-refractivity contribution >= 4 is 22.6 Å². The zero-order chi connectivity index (χ0) is 20.8. The first-order valence-corrected chi connectivity index (χ1v) is 10.2. The Hall–Kier alpha value is -3.29. The molecule has 4 heterocycles. The minimum absolute atomic E-state index is 0.0724. The van der Waals surface area contributed by atoms with Gasteiger partial charge in [0.25, 0.3) is 0 Å². The van der Waals surface area contributed by atoms with Crippen molar-refractivity contribution in [3.8, 4) is 22.9 Å². The number of fused-ring (bicyclic) bond motifs is 2. The summed E-state index contributed by atoms with van der Waals surface area (Å²) >= 11 is 0. The number of nitrogens with one attached hydrogen (secondary N) is 1. The highest BCUT2D eigenvalue weighted by atomic mass is 16.5. The van der Waals surface area contributed by atoms with Gasteiger partial charge in [-0.1, -0.05) is 0 Å². The van der Waals surface area contributed by atoms with Crippen LogP contribution in [0.4, 0.5) is 5.69 Å². The molecule has 2 aliphatic rings. The summed E-state index contributed by atoms with van der Waals surface area (Å²) < 4.78 is 14.0. The van der Waals surface area contributed by atoms with E-state index >= 15 is 0 Å². The minimum atomic E-state index is -0.145. The average molecular weight is 407 g/mol. The number of carbonyl (C=O) groups excluding carboxylic acids is 1. The highest BCUT2D eigenvalue weighted by Gasteiger charge is 2.29. The van der Waals surface area contributed by atoms with Gasteiger partial charge >= 0.3 is 0 Å². The maximum atomic E-state index is 11.6. The number of aromatic nitrogens is 3. The number of imidazole rings is 1. The molecule has 0 saturated carbocycles. The Balaban J connectivity index is 1.54. The largest absolute Gasteiger partial charge is 0.490 e. The van der Waals surface area contributed by atoms with Crippen LogP contribution in [0.5, 0.6) is 11.6 Å². The fourth-order valence-electron chi connectivity index (χ4n) is 4.11. The van der Waals surface area contributed by atoms with Crippen LogP contribution in [0.2, 0.25) is 0 Å². The highest BCUT2D eigenvalue weighted by Crippen LogP contribution is 2.36. The van der Waals surface area contributed by atoms with Gasteiger partial charge in [0.2, 0.25) is 11.8 Å². The molecule has 2 atom stereocenters. The van der Waals surface area contributed by atoms with Gasteiger partial charge in [-0.2, -0.15) is 0 Å². The predicted octanol–water partition coefficient (Wildman–Crippen LogP) is 2.37. The lowest BCUT2D eigenvalue weighted by molar-refractivity contribution is -0.119. The number of anilines is 1. The third kappa shape index (κ3) is 3.22. The summed E-state index contributed by atoms with van der Waals surface area (Å²) in [5.41, 5.74) is 4.50. The van der Waals surface area contributed by atoms with E-state index in [2.05, 4.69) is 28.3 Å². The molecule has 8 heteroatoms. The second-order valence-electron chi connectivity index (χ2n) is 8.08. The second kappa shape index (κ2) is 7.19. The van der Waals surface area contributed by atoms with E-state index < -0.39 is 0 Å². The molecule has 8 nitrogen and oxygen atoms in total. The summed E-state index contributed by atoms with van der Waals surface area (Å²) in [5, 5.41) is 2.88. The third-order valence-electron chi connectivity index (χ3n) is 5.98. The third-order valence-corrected chi connectivity index (χ3v) is 5.98. The summed E-state index contributed by atoms with van der Waals surface area (Å²) in [6.07, 6.45) is 2.10. The molecule has 0 spiro atoms. The Morgan fingerprint density at radius 3 is 2.97 bits per heavy atom. The van der Waals surface area contributed by atoms with Gasteiger partial charge in [-0.25, -0.2) is 9.97 Å². The number of hydrogen-bond acceptors (Lipinski definition) is 6. The molecular formula is C22H25N5O3. The van der Waals surface area contributed by atoms with Crippen molar-refractivity contribution in [2.75, 3.05) is 31.6 Å². The first-order chi connectivity index (χ1) is 14.5. The molecule has 0 bridgehead atoms. The average Bonchev–Trinajstić information content (AvgIpc) is 3.34. The number of aryl methyl sites for hydroxylation is 1. The molecule has 1 saturated heterocycles. The summed E-state index contributed by atoms with van der Waals surface area (Å²) in [6, 6.07) is 8.09. The quantitative estimate of drug-likeness (QED) is 0.715. The standard InChI is InChI=1S/C22H25N5O3/c1-13(15-9-20(28)23-11-15)30-22-21-17(24-12-27(21)3)10-16(25-22)14-4-5-19-18(8-14)26(2)6-7-29-19/h4-5,8,10,12-13,15H,6-7,9,11H2,1-3H3,(H,23,28). The lowest BCUT2D eigenvalue weighted by Gasteiger charge is -2.28. The first-order valence-electron chi connectivity index (χ1n) is 10.2. The number of hydrogen-bond donors (Lipinski definition) is 1. The molecule has 1 N–H and O–H groups in total. The molecule has 2 aliphatic heterocycles. The molecule has 2 aromatic heterocycles. The number of rotatable bonds is 4. The Labute approximate surface area is 174 Å². The number of nitrogens with zero attached hydrogens (tertiary/aromatic N) is 4. The summed E-state index contributed by atoms with van der Waals surface area (Å²) in [5.74, 6) is 1.62. The molecule has 1 amide bonds. The Bertz CT molecular complexity index is 1130. The van der Waals surface area contributed by atoms with Gasteiger partial charge in [0.05, 0.1) is 29.8 Å². The van der Waals surface area contributed by atoms with Crippen molar-refractivity contribution in [3.63, 3.8) is 0 Å². The smallest absolute Gasteiger partial charge is 0.241 e. The maximum Gasteiger partial charge on any atom is 0.241 e. The van der Waals surface area contributed by atoms with Gasteiger partial charge in [-0.3, -0.25) is 4.79 Å². The topological polar surface area (TPSA) is 81.5 Å². The molecule has 1 aromatic carbocycles. The number of ether oxygens (including phenoxy) is 2. The van der Waals surface area contributed by atoms with Crippen LogP contribution < -0.4 is 19.7 Å². The van der Waals surface area contributed by atoms with Crippen LogP contribution in [-0.2, 0) is 11.8 Å². The number of amides is 1. The molecular weight excluding hydrogens is 382 g/mol. The van der Waals surface area contributed by atoms with Gasteiger partial charge in [0.15, 0.2) is 0 Å². The molecule has 0 radical (unpaired) electrons. The van der Waals surface area contributed by atoms with Gasteiger partial charge in [0.1, 0.15) is 24.0 Å². The zero-order valence-electron chi connectivity index (χ0n) is 17.4. The monoisotopic (exact) mass is 407 g/mol. The van der Waals surface area contributed by atoms with E-state index in [0.717, 1.165) is 40.3 Å². The Kier molecular flexibility index (Phi) is 4.49. The van der Waals surface area contributed by atoms with E-state index in [1.165, 1.54) is 0 Å². The fraction of sp³-hybridized carbons (Fsp3) is 0.409. The van der Waals surface area contributed by atoms with Gasteiger partial charge in [-0.05, 0) is 31.2 Å². The van der Waals surface area contributed by atoms with Crippen LogP contribution in [0.15, 0.2) is 30.6 Å². The van der Waals surface area contributed by atoms with Gasteiger partial charge < -0.3 is 24.3 Å². The number of pyridine rings is 1. The van der Waals surface area contributed by atoms with Crippen LogP contribution in [0.25, 0.3) is 22.3 Å². The van der Waals surface area contributed by atoms with E-state index in [1.54, 1.807) is 6.33 Å².